The number of methoxy groups -OCH3 is 2. The Balaban J connectivity index is 1.99. The van der Waals surface area contributed by atoms with Gasteiger partial charge in [-0.25, -0.2) is 4.79 Å². The molecule has 6 heteroatoms. The first-order valence-corrected chi connectivity index (χ1v) is 8.12. The quantitative estimate of drug-likeness (QED) is 0.768. The molecule has 0 aliphatic carbocycles. The molecule has 2 aromatic carbocycles. The topological polar surface area (TPSA) is 68.8 Å². The van der Waals surface area contributed by atoms with Crippen molar-refractivity contribution >= 4 is 11.7 Å². The van der Waals surface area contributed by atoms with E-state index < -0.39 is 0 Å². The Bertz CT molecular complexity index is 691. The van der Waals surface area contributed by atoms with Crippen molar-refractivity contribution in [3.63, 3.8) is 0 Å². The smallest absolute Gasteiger partial charge is 0.319 e. The summed E-state index contributed by atoms with van der Waals surface area (Å²) < 4.78 is 16.3. The van der Waals surface area contributed by atoms with Crippen molar-refractivity contribution < 1.29 is 19.0 Å². The summed E-state index contributed by atoms with van der Waals surface area (Å²) in [7, 11) is 3.21. The highest BCUT2D eigenvalue weighted by Crippen LogP contribution is 2.27. The zero-order valence-electron chi connectivity index (χ0n) is 14.7. The molecule has 0 spiro atoms. The lowest BCUT2D eigenvalue weighted by atomic mass is 10.1. The molecule has 0 aliphatic heterocycles. The van der Waals surface area contributed by atoms with E-state index in [-0.39, 0.29) is 12.1 Å². The first kappa shape index (κ1) is 18.6. The molecule has 6 nitrogen and oxygen atoms in total. The van der Waals surface area contributed by atoms with Crippen molar-refractivity contribution in [1.29, 1.82) is 0 Å². The van der Waals surface area contributed by atoms with E-state index in [0.717, 1.165) is 11.3 Å². The first-order valence-electron chi connectivity index (χ1n) is 8.12. The van der Waals surface area contributed by atoms with Crippen molar-refractivity contribution in [2.45, 2.75) is 13.0 Å². The van der Waals surface area contributed by atoms with E-state index in [1.807, 2.05) is 49.4 Å². The Labute approximate surface area is 148 Å². The van der Waals surface area contributed by atoms with Gasteiger partial charge in [-0.3, -0.25) is 0 Å². The average Bonchev–Trinajstić information content (AvgIpc) is 2.64. The number of hydrogen-bond donors (Lipinski definition) is 2. The van der Waals surface area contributed by atoms with Crippen LogP contribution in [0, 0.1) is 0 Å². The summed E-state index contributed by atoms with van der Waals surface area (Å²) in [5, 5.41) is 5.61. The molecule has 0 saturated heterocycles. The van der Waals surface area contributed by atoms with Gasteiger partial charge in [0.2, 0.25) is 0 Å². The molecule has 0 radical (unpaired) electrons. The van der Waals surface area contributed by atoms with Gasteiger partial charge in [-0.15, -0.1) is 0 Å². The predicted molar refractivity (Wildman–Crippen MR) is 97.4 cm³/mol. The Hall–Kier alpha value is -2.73. The molecule has 1 unspecified atom stereocenters. The van der Waals surface area contributed by atoms with Crippen LogP contribution in [0.4, 0.5) is 10.5 Å². The van der Waals surface area contributed by atoms with E-state index in [1.54, 1.807) is 20.3 Å². The van der Waals surface area contributed by atoms with Gasteiger partial charge >= 0.3 is 6.03 Å². The number of nitrogens with one attached hydrogen (secondary N) is 2. The zero-order chi connectivity index (χ0) is 18.1. The third-order valence-corrected chi connectivity index (χ3v) is 3.65. The van der Waals surface area contributed by atoms with E-state index in [2.05, 4.69) is 10.6 Å². The molecule has 2 N–H and O–H groups in total. The summed E-state index contributed by atoms with van der Waals surface area (Å²) in [6, 6.07) is 14.5. The second kappa shape index (κ2) is 9.54. The number of carbonyl (C=O) groups excluding carboxylic acids is 1. The molecule has 0 heterocycles. The number of ether oxygens (including phenoxy) is 3. The van der Waals surface area contributed by atoms with Gasteiger partial charge in [0, 0.05) is 19.2 Å². The van der Waals surface area contributed by atoms with E-state index in [9.17, 15) is 4.79 Å². The molecule has 0 bridgehead atoms. The van der Waals surface area contributed by atoms with Gasteiger partial charge in [0.25, 0.3) is 0 Å². The summed E-state index contributed by atoms with van der Waals surface area (Å²) >= 11 is 0. The van der Waals surface area contributed by atoms with Gasteiger partial charge in [0.1, 0.15) is 17.6 Å². The van der Waals surface area contributed by atoms with E-state index in [1.165, 1.54) is 0 Å². The molecule has 0 aromatic heterocycles. The zero-order valence-corrected chi connectivity index (χ0v) is 14.7. The van der Waals surface area contributed by atoms with Crippen LogP contribution >= 0.6 is 0 Å². The monoisotopic (exact) mass is 344 g/mol. The van der Waals surface area contributed by atoms with Crippen LogP contribution in [0.5, 0.6) is 11.5 Å². The van der Waals surface area contributed by atoms with Crippen molar-refractivity contribution in [2.24, 2.45) is 0 Å². The highest BCUT2D eigenvalue weighted by Gasteiger charge is 2.16. The van der Waals surface area contributed by atoms with Gasteiger partial charge in [0.15, 0.2) is 0 Å². The molecule has 2 aromatic rings. The summed E-state index contributed by atoms with van der Waals surface area (Å²) in [6.45, 7) is 2.73. The van der Waals surface area contributed by atoms with Gasteiger partial charge in [-0.05, 0) is 25.1 Å². The fourth-order valence-corrected chi connectivity index (χ4v) is 2.46. The molecule has 2 amide bonds. The summed E-state index contributed by atoms with van der Waals surface area (Å²) in [5.74, 6) is 1.35. The second-order valence-electron chi connectivity index (χ2n) is 5.23. The van der Waals surface area contributed by atoms with Gasteiger partial charge in [-0.2, -0.15) is 0 Å². The maximum Gasteiger partial charge on any atom is 0.319 e. The van der Waals surface area contributed by atoms with Crippen LogP contribution in [-0.2, 0) is 4.74 Å². The van der Waals surface area contributed by atoms with Crippen molar-refractivity contribution in [3.05, 3.63) is 54.1 Å². The Morgan fingerprint density at radius 1 is 1.04 bits per heavy atom. The lowest BCUT2D eigenvalue weighted by molar-refractivity contribution is 0.102. The molecule has 0 aliphatic rings. The predicted octanol–water partition coefficient (Wildman–Crippen LogP) is 3.60. The number of urea groups is 1. The van der Waals surface area contributed by atoms with Crippen LogP contribution in [0.2, 0.25) is 0 Å². The normalized spacial score (nSPS) is 11.5. The standard InChI is InChI=1S/C19H24N2O4/c1-4-25-17-12-8-6-10-15(17)21-19(22)20-13-18(24-3)14-9-5-7-11-16(14)23-2/h5-12,18H,4,13H2,1-3H3,(H2,20,21,22). The third kappa shape index (κ3) is 5.12. The first-order chi connectivity index (χ1) is 12.2. The van der Waals surface area contributed by atoms with Crippen LogP contribution in [0.1, 0.15) is 18.6 Å². The van der Waals surface area contributed by atoms with Crippen molar-refractivity contribution in [2.75, 3.05) is 32.7 Å². The number of amides is 2. The molecule has 25 heavy (non-hydrogen) atoms. The van der Waals surface area contributed by atoms with Crippen LogP contribution in [0.3, 0.4) is 0 Å². The van der Waals surface area contributed by atoms with Crippen molar-refractivity contribution in [3.8, 4) is 11.5 Å². The van der Waals surface area contributed by atoms with E-state index >= 15 is 0 Å². The SMILES string of the molecule is CCOc1ccccc1NC(=O)NCC(OC)c1ccccc1OC. The van der Waals surface area contributed by atoms with Crippen LogP contribution in [0.25, 0.3) is 0 Å². The Morgan fingerprint density at radius 3 is 2.40 bits per heavy atom. The Kier molecular flexibility index (Phi) is 7.10. The van der Waals surface area contributed by atoms with Crippen LogP contribution in [-0.4, -0.2) is 33.4 Å². The largest absolute Gasteiger partial charge is 0.496 e. The molecule has 0 saturated carbocycles. The Morgan fingerprint density at radius 2 is 1.72 bits per heavy atom. The van der Waals surface area contributed by atoms with Crippen LogP contribution < -0.4 is 20.1 Å². The lowest BCUT2D eigenvalue weighted by Gasteiger charge is -2.19. The molecular weight excluding hydrogens is 320 g/mol. The van der Waals surface area contributed by atoms with E-state index in [0.29, 0.717) is 24.6 Å². The van der Waals surface area contributed by atoms with Gasteiger partial charge < -0.3 is 24.8 Å². The number of hydrogen-bond acceptors (Lipinski definition) is 4. The number of anilines is 1. The minimum absolute atomic E-state index is 0.305. The number of benzene rings is 2. The minimum Gasteiger partial charge on any atom is -0.496 e. The minimum atomic E-state index is -0.330. The second-order valence-corrected chi connectivity index (χ2v) is 5.23. The molecule has 0 fully saturated rings. The maximum atomic E-state index is 12.2. The fourth-order valence-electron chi connectivity index (χ4n) is 2.46. The van der Waals surface area contributed by atoms with Gasteiger partial charge in [-0.1, -0.05) is 30.3 Å². The number of carbonyl (C=O) groups is 1. The molecular formula is C19H24N2O4. The summed E-state index contributed by atoms with van der Waals surface area (Å²) in [6.07, 6.45) is -0.316. The average molecular weight is 344 g/mol. The van der Waals surface area contributed by atoms with Crippen LogP contribution in [0.15, 0.2) is 48.5 Å². The fraction of sp³-hybridized carbons (Fsp3) is 0.316. The highest BCUT2D eigenvalue weighted by atomic mass is 16.5. The van der Waals surface area contributed by atoms with E-state index in [4.69, 9.17) is 14.2 Å². The summed E-state index contributed by atoms with van der Waals surface area (Å²) in [4.78, 5) is 12.2. The number of para-hydroxylation sites is 3. The molecule has 134 valence electrons. The highest BCUT2D eigenvalue weighted by molar-refractivity contribution is 5.90. The number of rotatable bonds is 8. The maximum absolute atomic E-state index is 12.2. The third-order valence-electron chi connectivity index (χ3n) is 3.65. The summed E-state index contributed by atoms with van der Waals surface area (Å²) in [5.41, 5.74) is 1.50. The molecule has 2 rings (SSSR count). The lowest BCUT2D eigenvalue weighted by Crippen LogP contribution is -2.33. The van der Waals surface area contributed by atoms with Crippen molar-refractivity contribution in [1.82, 2.24) is 5.32 Å². The molecule has 1 atom stereocenters. The van der Waals surface area contributed by atoms with Gasteiger partial charge in [0.05, 0.1) is 19.4 Å².